The molecule has 0 aromatic heterocycles. The molecule has 0 saturated carbocycles. The summed E-state index contributed by atoms with van der Waals surface area (Å²) in [5.41, 5.74) is 7.21. The van der Waals surface area contributed by atoms with Crippen LogP contribution in [0.15, 0.2) is 54.6 Å². The normalized spacial score (nSPS) is 11.9. The summed E-state index contributed by atoms with van der Waals surface area (Å²) in [6.45, 7) is 0.0830. The monoisotopic (exact) mass is 259 g/mol. The first-order valence-electron chi connectivity index (χ1n) is 5.88. The molecule has 0 heterocycles. The summed E-state index contributed by atoms with van der Waals surface area (Å²) in [6.07, 6.45) is 0. The quantitative estimate of drug-likeness (QED) is 0.858. The van der Waals surface area contributed by atoms with E-state index in [2.05, 4.69) is 0 Å². The molecule has 0 bridgehead atoms. The number of carbonyl (C=O) groups is 1. The van der Waals surface area contributed by atoms with Crippen LogP contribution in [0.5, 0.6) is 0 Å². The van der Waals surface area contributed by atoms with Gasteiger partial charge in [-0.15, -0.1) is 0 Å². The van der Waals surface area contributed by atoms with Crippen molar-refractivity contribution in [3.63, 3.8) is 0 Å². The fourth-order valence-corrected chi connectivity index (χ4v) is 1.62. The lowest BCUT2D eigenvalue weighted by molar-refractivity contribution is -0.146. The summed E-state index contributed by atoms with van der Waals surface area (Å²) in [6, 6.07) is 14.0. The lowest BCUT2D eigenvalue weighted by atomic mass is 10.1. The van der Waals surface area contributed by atoms with E-state index in [0.29, 0.717) is 5.56 Å². The second kappa shape index (κ2) is 6.11. The minimum absolute atomic E-state index is 0.0830. The molecule has 0 fully saturated rings. The van der Waals surface area contributed by atoms with Gasteiger partial charge in [0.1, 0.15) is 18.5 Å². The van der Waals surface area contributed by atoms with Gasteiger partial charge < -0.3 is 10.5 Å². The highest BCUT2D eigenvalue weighted by Crippen LogP contribution is 2.12. The lowest BCUT2D eigenvalue weighted by Crippen LogP contribution is -2.23. The van der Waals surface area contributed by atoms with Crippen molar-refractivity contribution in [1.29, 1.82) is 0 Å². The van der Waals surface area contributed by atoms with Crippen molar-refractivity contribution in [3.05, 3.63) is 71.5 Å². The number of nitrogens with two attached hydrogens (primary N) is 1. The van der Waals surface area contributed by atoms with Crippen molar-refractivity contribution in [3.8, 4) is 0 Å². The summed E-state index contributed by atoms with van der Waals surface area (Å²) < 4.78 is 17.8. The molecule has 1 unspecified atom stereocenters. The Bertz CT molecular complexity index is 540. The average Bonchev–Trinajstić information content (AvgIpc) is 2.46. The van der Waals surface area contributed by atoms with Gasteiger partial charge in [0.05, 0.1) is 0 Å². The molecular formula is C15H14FNO2. The summed E-state index contributed by atoms with van der Waals surface area (Å²) in [7, 11) is 0. The van der Waals surface area contributed by atoms with Crippen molar-refractivity contribution in [2.45, 2.75) is 12.6 Å². The molecule has 2 aromatic carbocycles. The van der Waals surface area contributed by atoms with Crippen LogP contribution in [0.25, 0.3) is 0 Å². The third kappa shape index (κ3) is 3.63. The molecule has 2 aromatic rings. The van der Waals surface area contributed by atoms with Gasteiger partial charge in [-0.3, -0.25) is 0 Å². The molecule has 0 amide bonds. The summed E-state index contributed by atoms with van der Waals surface area (Å²) in [4.78, 5) is 11.8. The van der Waals surface area contributed by atoms with Crippen LogP contribution in [0, 0.1) is 5.82 Å². The number of carbonyl (C=O) groups excluding carboxylic acids is 1. The van der Waals surface area contributed by atoms with E-state index in [1.807, 2.05) is 18.2 Å². The molecule has 0 saturated heterocycles. The van der Waals surface area contributed by atoms with E-state index < -0.39 is 12.0 Å². The molecule has 98 valence electrons. The van der Waals surface area contributed by atoms with Crippen LogP contribution in [0.1, 0.15) is 17.2 Å². The molecule has 0 aliphatic heterocycles. The molecule has 1 atom stereocenters. The first-order valence-corrected chi connectivity index (χ1v) is 5.88. The zero-order valence-electron chi connectivity index (χ0n) is 10.3. The standard InChI is InChI=1S/C15H14FNO2/c16-13-8-6-11(7-9-13)10-19-15(18)14(17)12-4-2-1-3-5-12/h1-9,14H,10,17H2. The van der Waals surface area contributed by atoms with Crippen LogP contribution in [0.3, 0.4) is 0 Å². The first kappa shape index (κ1) is 13.2. The van der Waals surface area contributed by atoms with Gasteiger partial charge in [-0.05, 0) is 23.3 Å². The number of ether oxygens (including phenoxy) is 1. The van der Waals surface area contributed by atoms with Gasteiger partial charge in [0.15, 0.2) is 0 Å². The van der Waals surface area contributed by atoms with Crippen LogP contribution < -0.4 is 5.73 Å². The Labute approximate surface area is 110 Å². The molecule has 0 aliphatic rings. The Morgan fingerprint density at radius 1 is 1.11 bits per heavy atom. The largest absolute Gasteiger partial charge is 0.459 e. The SMILES string of the molecule is NC(C(=O)OCc1ccc(F)cc1)c1ccccc1. The van der Waals surface area contributed by atoms with Gasteiger partial charge in [0.25, 0.3) is 0 Å². The first-order chi connectivity index (χ1) is 9.16. The molecule has 3 nitrogen and oxygen atoms in total. The van der Waals surface area contributed by atoms with Gasteiger partial charge in [-0.25, -0.2) is 9.18 Å². The predicted octanol–water partition coefficient (Wildman–Crippen LogP) is 2.57. The maximum absolute atomic E-state index is 12.7. The number of esters is 1. The predicted molar refractivity (Wildman–Crippen MR) is 69.6 cm³/mol. The number of rotatable bonds is 4. The van der Waals surface area contributed by atoms with Gasteiger partial charge in [0.2, 0.25) is 0 Å². The average molecular weight is 259 g/mol. The zero-order chi connectivity index (χ0) is 13.7. The van der Waals surface area contributed by atoms with Crippen LogP contribution in [0.2, 0.25) is 0 Å². The Balaban J connectivity index is 1.93. The molecule has 4 heteroatoms. The minimum Gasteiger partial charge on any atom is -0.459 e. The van der Waals surface area contributed by atoms with Crippen LogP contribution >= 0.6 is 0 Å². The van der Waals surface area contributed by atoms with E-state index in [1.165, 1.54) is 12.1 Å². The van der Waals surface area contributed by atoms with E-state index in [4.69, 9.17) is 10.5 Å². The summed E-state index contributed by atoms with van der Waals surface area (Å²) >= 11 is 0. The molecule has 2 N–H and O–H groups in total. The Kier molecular flexibility index (Phi) is 4.26. The van der Waals surface area contributed by atoms with Crippen molar-refractivity contribution in [2.75, 3.05) is 0 Å². The van der Waals surface area contributed by atoms with E-state index in [1.54, 1.807) is 24.3 Å². The van der Waals surface area contributed by atoms with Crippen molar-refractivity contribution < 1.29 is 13.9 Å². The highest BCUT2D eigenvalue weighted by molar-refractivity contribution is 5.77. The van der Waals surface area contributed by atoms with Crippen molar-refractivity contribution >= 4 is 5.97 Å². The Morgan fingerprint density at radius 3 is 2.37 bits per heavy atom. The topological polar surface area (TPSA) is 52.3 Å². The fourth-order valence-electron chi connectivity index (χ4n) is 1.62. The Morgan fingerprint density at radius 2 is 1.74 bits per heavy atom. The minimum atomic E-state index is -0.804. The smallest absolute Gasteiger partial charge is 0.327 e. The Hall–Kier alpha value is -2.20. The van der Waals surface area contributed by atoms with Gasteiger partial charge in [-0.1, -0.05) is 42.5 Å². The number of halogens is 1. The molecular weight excluding hydrogens is 245 g/mol. The second-order valence-electron chi connectivity index (χ2n) is 4.12. The van der Waals surface area contributed by atoms with Gasteiger partial charge >= 0.3 is 5.97 Å². The highest BCUT2D eigenvalue weighted by Gasteiger charge is 2.16. The van der Waals surface area contributed by atoms with Crippen LogP contribution in [-0.2, 0) is 16.1 Å². The maximum atomic E-state index is 12.7. The van der Waals surface area contributed by atoms with E-state index >= 15 is 0 Å². The lowest BCUT2D eigenvalue weighted by Gasteiger charge is -2.11. The molecule has 0 radical (unpaired) electrons. The number of hydrogen-bond donors (Lipinski definition) is 1. The third-order valence-corrected chi connectivity index (χ3v) is 2.71. The number of benzene rings is 2. The van der Waals surface area contributed by atoms with E-state index in [0.717, 1.165) is 5.56 Å². The van der Waals surface area contributed by atoms with Crippen LogP contribution in [0.4, 0.5) is 4.39 Å². The molecule has 0 aliphatic carbocycles. The van der Waals surface area contributed by atoms with Gasteiger partial charge in [0, 0.05) is 0 Å². The molecule has 0 spiro atoms. The maximum Gasteiger partial charge on any atom is 0.327 e. The molecule has 2 rings (SSSR count). The number of hydrogen-bond acceptors (Lipinski definition) is 3. The highest BCUT2D eigenvalue weighted by atomic mass is 19.1. The van der Waals surface area contributed by atoms with Crippen molar-refractivity contribution in [1.82, 2.24) is 0 Å². The van der Waals surface area contributed by atoms with Crippen LogP contribution in [-0.4, -0.2) is 5.97 Å². The summed E-state index contributed by atoms with van der Waals surface area (Å²) in [5, 5.41) is 0. The molecule has 19 heavy (non-hydrogen) atoms. The zero-order valence-corrected chi connectivity index (χ0v) is 10.3. The fraction of sp³-hybridized carbons (Fsp3) is 0.133. The third-order valence-electron chi connectivity index (χ3n) is 2.71. The van der Waals surface area contributed by atoms with Crippen molar-refractivity contribution in [2.24, 2.45) is 5.73 Å². The second-order valence-corrected chi connectivity index (χ2v) is 4.12. The van der Waals surface area contributed by atoms with E-state index in [9.17, 15) is 9.18 Å². The van der Waals surface area contributed by atoms with Gasteiger partial charge in [-0.2, -0.15) is 0 Å². The summed E-state index contributed by atoms with van der Waals surface area (Å²) in [5.74, 6) is -0.827. The van der Waals surface area contributed by atoms with E-state index in [-0.39, 0.29) is 12.4 Å².